The van der Waals surface area contributed by atoms with Crippen molar-refractivity contribution in [3.8, 4) is 0 Å². The van der Waals surface area contributed by atoms with Crippen LogP contribution >= 0.6 is 0 Å². The molecule has 34 heavy (non-hydrogen) atoms. The van der Waals surface area contributed by atoms with E-state index in [1.54, 1.807) is 6.92 Å². The SMILES string of the molecule is COC(=O)[C@H](C)NC(=O)CC[C@@H](C)[C@H]1CC[C@H]2[C@@H]3[C@@H](O)C[C@@H]4C[C@H](O)CC[C@]4(C)[C@H]3CC[C@]12C. The number of fused-ring (bicyclic) bond motifs is 5. The lowest BCUT2D eigenvalue weighted by atomic mass is 9.43. The van der Waals surface area contributed by atoms with Crippen LogP contribution in [0.5, 0.6) is 0 Å². The van der Waals surface area contributed by atoms with Gasteiger partial charge in [0.15, 0.2) is 0 Å². The molecule has 11 atom stereocenters. The van der Waals surface area contributed by atoms with E-state index in [1.165, 1.54) is 32.8 Å². The standard InChI is InChI=1S/C28H47NO5/c1-16(6-9-24(32)29-17(2)26(33)34-5)20-7-8-21-25-22(11-13-28(20,21)4)27(3)12-10-19(30)14-18(27)15-23(25)31/h16-23,25,30-31H,6-15H2,1-5H3,(H,29,32)/t16-,17+,18+,19-,20-,21+,22+,23+,25+,27+,28-/m1/s1. The van der Waals surface area contributed by atoms with Crippen molar-refractivity contribution < 1.29 is 24.5 Å². The van der Waals surface area contributed by atoms with Gasteiger partial charge in [-0.2, -0.15) is 0 Å². The van der Waals surface area contributed by atoms with Crippen LogP contribution in [0.4, 0.5) is 0 Å². The van der Waals surface area contributed by atoms with Crippen molar-refractivity contribution in [3.63, 3.8) is 0 Å². The van der Waals surface area contributed by atoms with E-state index in [1.807, 2.05) is 0 Å². The molecule has 0 spiro atoms. The molecule has 0 aromatic rings. The molecule has 194 valence electrons. The van der Waals surface area contributed by atoms with Crippen LogP contribution in [0.3, 0.4) is 0 Å². The van der Waals surface area contributed by atoms with Gasteiger partial charge in [0, 0.05) is 6.42 Å². The number of esters is 1. The minimum Gasteiger partial charge on any atom is -0.467 e. The monoisotopic (exact) mass is 477 g/mol. The summed E-state index contributed by atoms with van der Waals surface area (Å²) in [5, 5.41) is 24.4. The second-order valence-electron chi connectivity index (χ2n) is 12.8. The highest BCUT2D eigenvalue weighted by Crippen LogP contribution is 2.68. The third kappa shape index (κ3) is 4.42. The van der Waals surface area contributed by atoms with E-state index >= 15 is 0 Å². The first-order valence-corrected chi connectivity index (χ1v) is 13.7. The highest BCUT2D eigenvalue weighted by molar-refractivity contribution is 5.84. The topological polar surface area (TPSA) is 95.9 Å². The molecule has 6 heteroatoms. The molecule has 0 saturated heterocycles. The van der Waals surface area contributed by atoms with Crippen LogP contribution < -0.4 is 5.32 Å². The summed E-state index contributed by atoms with van der Waals surface area (Å²) in [5.41, 5.74) is 0.470. The fourth-order valence-electron chi connectivity index (χ4n) is 9.28. The maximum Gasteiger partial charge on any atom is 0.328 e. The van der Waals surface area contributed by atoms with Crippen LogP contribution in [-0.4, -0.2) is 47.4 Å². The Labute approximate surface area is 205 Å². The molecule has 4 saturated carbocycles. The summed E-state index contributed by atoms with van der Waals surface area (Å²) in [5.74, 6) is 2.41. The minimum absolute atomic E-state index is 0.0886. The molecule has 0 heterocycles. The van der Waals surface area contributed by atoms with Gasteiger partial charge in [-0.15, -0.1) is 0 Å². The molecule has 0 aromatic heterocycles. The minimum atomic E-state index is -0.615. The first-order chi connectivity index (χ1) is 16.0. The second-order valence-corrected chi connectivity index (χ2v) is 12.8. The third-order valence-electron chi connectivity index (χ3n) is 11.2. The molecular formula is C28H47NO5. The molecule has 4 rings (SSSR count). The molecular weight excluding hydrogens is 430 g/mol. The smallest absolute Gasteiger partial charge is 0.328 e. The van der Waals surface area contributed by atoms with Crippen LogP contribution in [0.1, 0.15) is 91.9 Å². The summed E-state index contributed by atoms with van der Waals surface area (Å²) in [6.07, 6.45) is 9.25. The first kappa shape index (κ1) is 25.9. The number of hydrogen-bond acceptors (Lipinski definition) is 5. The van der Waals surface area contributed by atoms with Crippen molar-refractivity contribution >= 4 is 11.9 Å². The molecule has 4 aliphatic rings. The lowest BCUT2D eigenvalue weighted by molar-refractivity contribution is -0.174. The van der Waals surface area contributed by atoms with Crippen molar-refractivity contribution in [2.75, 3.05) is 7.11 Å². The molecule has 0 unspecified atom stereocenters. The Hall–Kier alpha value is -1.14. The van der Waals surface area contributed by atoms with Gasteiger partial charge in [-0.1, -0.05) is 20.8 Å². The Morgan fingerprint density at radius 1 is 1.00 bits per heavy atom. The zero-order chi connectivity index (χ0) is 24.8. The van der Waals surface area contributed by atoms with Crippen molar-refractivity contribution in [1.82, 2.24) is 5.32 Å². The highest BCUT2D eigenvalue weighted by Gasteiger charge is 2.62. The van der Waals surface area contributed by atoms with E-state index in [0.717, 1.165) is 32.1 Å². The Balaban J connectivity index is 1.41. The lowest BCUT2D eigenvalue weighted by Gasteiger charge is -2.62. The van der Waals surface area contributed by atoms with Gasteiger partial charge in [0.05, 0.1) is 19.3 Å². The summed E-state index contributed by atoms with van der Waals surface area (Å²) >= 11 is 0. The largest absolute Gasteiger partial charge is 0.467 e. The number of aliphatic hydroxyl groups is 2. The van der Waals surface area contributed by atoms with Crippen molar-refractivity contribution in [3.05, 3.63) is 0 Å². The van der Waals surface area contributed by atoms with Gasteiger partial charge in [0.25, 0.3) is 0 Å². The van der Waals surface area contributed by atoms with E-state index in [2.05, 4.69) is 26.1 Å². The molecule has 0 aliphatic heterocycles. The lowest BCUT2D eigenvalue weighted by Crippen LogP contribution is -2.58. The molecule has 4 fully saturated rings. The number of hydrogen-bond donors (Lipinski definition) is 3. The Bertz CT molecular complexity index is 772. The summed E-state index contributed by atoms with van der Waals surface area (Å²) in [4.78, 5) is 24.0. The molecule has 4 aliphatic carbocycles. The van der Waals surface area contributed by atoms with E-state index in [4.69, 9.17) is 4.74 Å². The van der Waals surface area contributed by atoms with Crippen molar-refractivity contribution in [1.29, 1.82) is 0 Å². The van der Waals surface area contributed by atoms with Crippen molar-refractivity contribution in [2.24, 2.45) is 46.3 Å². The van der Waals surface area contributed by atoms with Crippen LogP contribution in [-0.2, 0) is 14.3 Å². The van der Waals surface area contributed by atoms with Gasteiger partial charge >= 0.3 is 5.97 Å². The Morgan fingerprint density at radius 3 is 2.38 bits per heavy atom. The maximum atomic E-state index is 12.4. The summed E-state index contributed by atoms with van der Waals surface area (Å²) in [7, 11) is 1.33. The number of carbonyl (C=O) groups is 2. The number of methoxy groups -OCH3 is 1. The fraction of sp³-hybridized carbons (Fsp3) is 0.929. The number of amides is 1. The van der Waals surface area contributed by atoms with E-state index < -0.39 is 12.0 Å². The van der Waals surface area contributed by atoms with Gasteiger partial charge < -0.3 is 20.3 Å². The Morgan fingerprint density at radius 2 is 1.68 bits per heavy atom. The quantitative estimate of drug-likeness (QED) is 0.501. The first-order valence-electron chi connectivity index (χ1n) is 13.7. The van der Waals surface area contributed by atoms with Gasteiger partial charge in [0.2, 0.25) is 5.91 Å². The number of aliphatic hydroxyl groups excluding tert-OH is 2. The predicted molar refractivity (Wildman–Crippen MR) is 131 cm³/mol. The zero-order valence-electron chi connectivity index (χ0n) is 21.9. The van der Waals surface area contributed by atoms with Gasteiger partial charge in [0.1, 0.15) is 6.04 Å². The average Bonchev–Trinajstić information content (AvgIpc) is 3.15. The number of carbonyl (C=O) groups excluding carboxylic acids is 2. The molecule has 0 aromatic carbocycles. The van der Waals surface area contributed by atoms with Crippen LogP contribution in [0.2, 0.25) is 0 Å². The highest BCUT2D eigenvalue weighted by atomic mass is 16.5. The van der Waals surface area contributed by atoms with Crippen LogP contribution in [0.15, 0.2) is 0 Å². The number of ether oxygens (including phenoxy) is 1. The molecule has 3 N–H and O–H groups in total. The van der Waals surface area contributed by atoms with E-state index in [-0.39, 0.29) is 28.9 Å². The Kier molecular flexibility index (Phi) is 7.42. The summed E-state index contributed by atoms with van der Waals surface area (Å²) < 4.78 is 4.70. The summed E-state index contributed by atoms with van der Waals surface area (Å²) in [6, 6.07) is -0.615. The third-order valence-corrected chi connectivity index (χ3v) is 11.2. The van der Waals surface area contributed by atoms with Crippen LogP contribution in [0.25, 0.3) is 0 Å². The van der Waals surface area contributed by atoms with Crippen LogP contribution in [0, 0.1) is 46.3 Å². The average molecular weight is 478 g/mol. The van der Waals surface area contributed by atoms with Gasteiger partial charge in [-0.05, 0) is 111 Å². The summed E-state index contributed by atoms with van der Waals surface area (Å²) in [6.45, 7) is 8.87. The second kappa shape index (κ2) is 9.72. The molecule has 0 bridgehead atoms. The molecule has 6 nitrogen and oxygen atoms in total. The number of rotatable bonds is 6. The number of nitrogens with one attached hydrogen (secondary N) is 1. The van der Waals surface area contributed by atoms with Gasteiger partial charge in [-0.3, -0.25) is 4.79 Å². The molecule has 0 radical (unpaired) electrons. The zero-order valence-corrected chi connectivity index (χ0v) is 21.9. The predicted octanol–water partition coefficient (Wildman–Crippen LogP) is 4.07. The fourth-order valence-corrected chi connectivity index (χ4v) is 9.28. The van der Waals surface area contributed by atoms with Gasteiger partial charge in [-0.25, -0.2) is 4.79 Å². The van der Waals surface area contributed by atoms with E-state index in [9.17, 15) is 19.8 Å². The maximum absolute atomic E-state index is 12.4. The molecule has 1 amide bonds. The van der Waals surface area contributed by atoms with Crippen molar-refractivity contribution in [2.45, 2.75) is 110 Å². The normalized spacial score (nSPS) is 45.3. The van der Waals surface area contributed by atoms with E-state index in [0.29, 0.717) is 41.9 Å².